The van der Waals surface area contributed by atoms with Crippen LogP contribution in [0.25, 0.3) is 0 Å². The molecule has 2 rings (SSSR count). The fraction of sp³-hybridized carbons (Fsp3) is 0.111. The van der Waals surface area contributed by atoms with Crippen LogP contribution < -0.4 is 0 Å². The van der Waals surface area contributed by atoms with Crippen molar-refractivity contribution in [1.29, 1.82) is 0 Å². The summed E-state index contributed by atoms with van der Waals surface area (Å²) < 4.78 is 0. The lowest BCUT2D eigenvalue weighted by atomic mass is 10.3. The Balaban J connectivity index is 2.14. The molecule has 0 bridgehead atoms. The van der Waals surface area contributed by atoms with E-state index in [2.05, 4.69) is 29.0 Å². The van der Waals surface area contributed by atoms with Crippen molar-refractivity contribution in [1.82, 2.24) is 0 Å². The zero-order valence-corrected chi connectivity index (χ0v) is 7.54. The Morgan fingerprint density at radius 3 is 2.91 bits per heavy atom. The highest BCUT2D eigenvalue weighted by Crippen LogP contribution is 2.17. The molecule has 0 spiro atoms. The van der Waals surface area contributed by atoms with Gasteiger partial charge in [0.2, 0.25) is 0 Å². The van der Waals surface area contributed by atoms with E-state index in [4.69, 9.17) is 0 Å². The summed E-state index contributed by atoms with van der Waals surface area (Å²) in [6.07, 6.45) is 1.08. The molecule has 0 aliphatic heterocycles. The molecular weight excluding hydrogens is 172 g/mol. The molecule has 55 valence electrons. The van der Waals surface area contributed by atoms with Gasteiger partial charge in [0, 0.05) is 21.6 Å². The van der Waals surface area contributed by atoms with Crippen LogP contribution in [0.15, 0.2) is 29.6 Å². The fourth-order valence-electron chi connectivity index (χ4n) is 0.951. The number of rotatable bonds is 2. The summed E-state index contributed by atoms with van der Waals surface area (Å²) >= 11 is 3.52. The number of thiophene rings is 2. The minimum atomic E-state index is 1.08. The van der Waals surface area contributed by atoms with Crippen LogP contribution in [0.2, 0.25) is 0 Å². The molecule has 2 heteroatoms. The van der Waals surface area contributed by atoms with Gasteiger partial charge in [-0.1, -0.05) is 6.07 Å². The van der Waals surface area contributed by atoms with E-state index < -0.39 is 0 Å². The molecule has 2 heterocycles. The van der Waals surface area contributed by atoms with Crippen LogP contribution in [0.5, 0.6) is 0 Å². The minimum absolute atomic E-state index is 1.08. The van der Waals surface area contributed by atoms with Crippen LogP contribution in [0.1, 0.15) is 9.75 Å². The topological polar surface area (TPSA) is 0 Å². The molecule has 2 aromatic heterocycles. The van der Waals surface area contributed by atoms with Gasteiger partial charge in [0.1, 0.15) is 0 Å². The van der Waals surface area contributed by atoms with Crippen LogP contribution in [0.4, 0.5) is 0 Å². The molecule has 0 N–H and O–H groups in total. The molecular formula is C9H7S2. The molecule has 0 saturated carbocycles. The maximum absolute atomic E-state index is 3.09. The van der Waals surface area contributed by atoms with Crippen molar-refractivity contribution in [2.45, 2.75) is 6.42 Å². The van der Waals surface area contributed by atoms with Gasteiger partial charge in [0.15, 0.2) is 0 Å². The standard InChI is InChI=1S/C9H7S2/c1-3-8(10-5-1)7-9-4-2-6-11-9/h1-5H,7H2. The summed E-state index contributed by atoms with van der Waals surface area (Å²) in [7, 11) is 0. The smallest absolute Gasteiger partial charge is 0.0445 e. The molecule has 11 heavy (non-hydrogen) atoms. The number of hydrogen-bond acceptors (Lipinski definition) is 2. The third-order valence-corrected chi connectivity index (χ3v) is 3.13. The summed E-state index contributed by atoms with van der Waals surface area (Å²) in [6.45, 7) is 0. The van der Waals surface area contributed by atoms with Crippen molar-refractivity contribution < 1.29 is 0 Å². The van der Waals surface area contributed by atoms with Crippen LogP contribution in [-0.2, 0) is 6.42 Å². The Labute approximate surface area is 74.1 Å². The van der Waals surface area contributed by atoms with Gasteiger partial charge in [-0.2, -0.15) is 0 Å². The molecule has 0 aliphatic carbocycles. The maximum atomic E-state index is 3.09. The van der Waals surface area contributed by atoms with Crippen molar-refractivity contribution in [3.05, 3.63) is 44.8 Å². The molecule has 0 aliphatic rings. The average molecular weight is 179 g/mol. The summed E-state index contributed by atoms with van der Waals surface area (Å²) in [5.41, 5.74) is 0. The van der Waals surface area contributed by atoms with E-state index >= 15 is 0 Å². The monoisotopic (exact) mass is 179 g/mol. The zero-order valence-electron chi connectivity index (χ0n) is 5.91. The summed E-state index contributed by atoms with van der Waals surface area (Å²) in [5.74, 6) is 0. The second kappa shape index (κ2) is 3.20. The van der Waals surface area contributed by atoms with Gasteiger partial charge in [-0.05, 0) is 23.6 Å². The van der Waals surface area contributed by atoms with Gasteiger partial charge >= 0.3 is 0 Å². The molecule has 0 saturated heterocycles. The first-order valence-corrected chi connectivity index (χ1v) is 5.12. The van der Waals surface area contributed by atoms with E-state index in [9.17, 15) is 0 Å². The van der Waals surface area contributed by atoms with Gasteiger partial charge in [0.25, 0.3) is 0 Å². The first kappa shape index (κ1) is 7.07. The maximum Gasteiger partial charge on any atom is 0.0445 e. The summed E-state index contributed by atoms with van der Waals surface area (Å²) in [5, 5.41) is 5.21. The Bertz CT molecular complexity index is 260. The molecule has 0 atom stereocenters. The SMILES string of the molecule is [c]1ccc(Cc2cccs2)s1. The lowest BCUT2D eigenvalue weighted by Gasteiger charge is -1.89. The van der Waals surface area contributed by atoms with Gasteiger partial charge < -0.3 is 0 Å². The van der Waals surface area contributed by atoms with Crippen LogP contribution in [-0.4, -0.2) is 0 Å². The summed E-state index contributed by atoms with van der Waals surface area (Å²) in [6, 6.07) is 8.37. The molecule has 0 aromatic carbocycles. The van der Waals surface area contributed by atoms with Crippen LogP contribution >= 0.6 is 22.7 Å². The van der Waals surface area contributed by atoms with E-state index in [0.29, 0.717) is 0 Å². The Kier molecular flexibility index (Phi) is 2.06. The van der Waals surface area contributed by atoms with Crippen molar-refractivity contribution >= 4 is 22.7 Å². The Morgan fingerprint density at radius 1 is 1.27 bits per heavy atom. The Hall–Kier alpha value is -0.600. The van der Waals surface area contributed by atoms with Crippen molar-refractivity contribution in [2.24, 2.45) is 0 Å². The molecule has 1 radical (unpaired) electrons. The normalized spacial score (nSPS) is 10.2. The van der Waals surface area contributed by atoms with Gasteiger partial charge in [-0.25, -0.2) is 0 Å². The fourth-order valence-corrected chi connectivity index (χ4v) is 2.42. The third-order valence-electron chi connectivity index (χ3n) is 1.46. The Morgan fingerprint density at radius 2 is 2.27 bits per heavy atom. The predicted molar refractivity (Wildman–Crippen MR) is 50.3 cm³/mol. The lowest BCUT2D eigenvalue weighted by molar-refractivity contribution is 1.31. The highest BCUT2D eigenvalue weighted by molar-refractivity contribution is 7.11. The van der Waals surface area contributed by atoms with Gasteiger partial charge in [-0.15, -0.1) is 22.7 Å². The molecule has 0 fully saturated rings. The second-order valence-corrected chi connectivity index (χ2v) is 4.27. The summed E-state index contributed by atoms with van der Waals surface area (Å²) in [4.78, 5) is 2.83. The zero-order chi connectivity index (χ0) is 7.52. The first-order valence-electron chi connectivity index (χ1n) is 3.42. The highest BCUT2D eigenvalue weighted by Gasteiger charge is 1.96. The molecule has 0 amide bonds. The molecule has 0 nitrogen and oxygen atoms in total. The van der Waals surface area contributed by atoms with E-state index in [-0.39, 0.29) is 0 Å². The van der Waals surface area contributed by atoms with Crippen LogP contribution in [0.3, 0.4) is 0 Å². The minimum Gasteiger partial charge on any atom is -0.149 e. The van der Waals surface area contributed by atoms with Crippen molar-refractivity contribution in [2.75, 3.05) is 0 Å². The number of hydrogen-bond donors (Lipinski definition) is 0. The predicted octanol–water partition coefficient (Wildman–Crippen LogP) is 3.20. The van der Waals surface area contributed by atoms with E-state index in [1.807, 2.05) is 17.4 Å². The van der Waals surface area contributed by atoms with Crippen molar-refractivity contribution in [3.8, 4) is 0 Å². The quantitative estimate of drug-likeness (QED) is 0.664. The third kappa shape index (κ3) is 1.70. The van der Waals surface area contributed by atoms with E-state index in [0.717, 1.165) is 6.42 Å². The second-order valence-electron chi connectivity index (χ2n) is 2.28. The average Bonchev–Trinajstić information content (AvgIpc) is 2.60. The lowest BCUT2D eigenvalue weighted by Crippen LogP contribution is -1.75. The molecule has 0 unspecified atom stereocenters. The molecule has 2 aromatic rings. The highest BCUT2D eigenvalue weighted by atomic mass is 32.1. The first-order chi connectivity index (χ1) is 5.45. The van der Waals surface area contributed by atoms with Gasteiger partial charge in [-0.3, -0.25) is 0 Å². The van der Waals surface area contributed by atoms with E-state index in [1.54, 1.807) is 11.3 Å². The van der Waals surface area contributed by atoms with Crippen molar-refractivity contribution in [3.63, 3.8) is 0 Å². The largest absolute Gasteiger partial charge is 0.149 e. The van der Waals surface area contributed by atoms with E-state index in [1.165, 1.54) is 9.75 Å². The van der Waals surface area contributed by atoms with Crippen LogP contribution in [0, 0.1) is 5.38 Å². The van der Waals surface area contributed by atoms with Gasteiger partial charge in [0.05, 0.1) is 0 Å².